The number of piperazine rings is 1. The molecule has 0 amide bonds. The van der Waals surface area contributed by atoms with Crippen LogP contribution >= 0.6 is 0 Å². The van der Waals surface area contributed by atoms with Crippen molar-refractivity contribution in [3.63, 3.8) is 0 Å². The molecule has 1 saturated heterocycles. The molecule has 0 radical (unpaired) electrons. The van der Waals surface area contributed by atoms with Gasteiger partial charge >= 0.3 is 0 Å². The first-order valence-corrected chi connectivity index (χ1v) is 5.87. The third kappa shape index (κ3) is 1.82. The molecule has 0 spiro atoms. The second-order valence-electron chi connectivity index (χ2n) is 4.50. The lowest BCUT2D eigenvalue weighted by atomic mass is 10.3. The van der Waals surface area contributed by atoms with Gasteiger partial charge in [-0.05, 0) is 12.8 Å². The molecule has 2 fully saturated rings. The van der Waals surface area contributed by atoms with Crippen LogP contribution in [0.1, 0.15) is 12.8 Å². The van der Waals surface area contributed by atoms with E-state index in [0.29, 0.717) is 5.82 Å². The SMILES string of the molecule is O=c1[nH]ccnc1N1CCN(C2CC2)CC1. The summed E-state index contributed by atoms with van der Waals surface area (Å²) in [4.78, 5) is 23.0. The molecule has 2 heterocycles. The molecule has 0 aromatic carbocycles. The average molecular weight is 220 g/mol. The number of nitrogens with one attached hydrogen (secondary N) is 1. The van der Waals surface area contributed by atoms with Crippen LogP contribution in [0.15, 0.2) is 17.2 Å². The van der Waals surface area contributed by atoms with Gasteiger partial charge in [0.05, 0.1) is 0 Å². The Morgan fingerprint density at radius 2 is 2.00 bits per heavy atom. The van der Waals surface area contributed by atoms with Crippen molar-refractivity contribution in [3.05, 3.63) is 22.7 Å². The van der Waals surface area contributed by atoms with Crippen molar-refractivity contribution in [2.45, 2.75) is 18.9 Å². The second kappa shape index (κ2) is 3.90. The first kappa shape index (κ1) is 9.84. The van der Waals surface area contributed by atoms with E-state index in [-0.39, 0.29) is 5.56 Å². The van der Waals surface area contributed by atoms with Gasteiger partial charge in [0.25, 0.3) is 5.56 Å². The molecule has 0 atom stereocenters. The Morgan fingerprint density at radius 3 is 2.62 bits per heavy atom. The third-order valence-corrected chi connectivity index (χ3v) is 3.37. The number of rotatable bonds is 2. The van der Waals surface area contributed by atoms with Gasteiger partial charge in [0.1, 0.15) is 0 Å². The lowest BCUT2D eigenvalue weighted by molar-refractivity contribution is 0.247. The van der Waals surface area contributed by atoms with E-state index in [2.05, 4.69) is 19.8 Å². The minimum Gasteiger partial charge on any atom is -0.349 e. The zero-order valence-electron chi connectivity index (χ0n) is 9.22. The van der Waals surface area contributed by atoms with Crippen molar-refractivity contribution >= 4 is 5.82 Å². The highest BCUT2D eigenvalue weighted by atomic mass is 16.1. The fourth-order valence-electron chi connectivity index (χ4n) is 2.31. The summed E-state index contributed by atoms with van der Waals surface area (Å²) in [7, 11) is 0. The summed E-state index contributed by atoms with van der Waals surface area (Å²) in [5.41, 5.74) is -0.0811. The van der Waals surface area contributed by atoms with Crippen molar-refractivity contribution < 1.29 is 0 Å². The molecule has 0 bridgehead atoms. The molecule has 1 aromatic rings. The van der Waals surface area contributed by atoms with Crippen LogP contribution in [-0.2, 0) is 0 Å². The molecule has 5 heteroatoms. The minimum absolute atomic E-state index is 0.0811. The fraction of sp³-hybridized carbons (Fsp3) is 0.636. The van der Waals surface area contributed by atoms with Crippen LogP contribution in [0.2, 0.25) is 0 Å². The van der Waals surface area contributed by atoms with Crippen LogP contribution in [0, 0.1) is 0 Å². The van der Waals surface area contributed by atoms with E-state index in [4.69, 9.17) is 0 Å². The molecule has 1 aromatic heterocycles. The van der Waals surface area contributed by atoms with Gasteiger partial charge in [0.15, 0.2) is 5.82 Å². The zero-order valence-corrected chi connectivity index (χ0v) is 9.22. The van der Waals surface area contributed by atoms with Crippen LogP contribution in [-0.4, -0.2) is 47.1 Å². The summed E-state index contributed by atoms with van der Waals surface area (Å²) in [6, 6.07) is 0.823. The molecule has 1 saturated carbocycles. The van der Waals surface area contributed by atoms with Crippen LogP contribution < -0.4 is 10.5 Å². The number of hydrogen-bond donors (Lipinski definition) is 1. The van der Waals surface area contributed by atoms with E-state index < -0.39 is 0 Å². The van der Waals surface area contributed by atoms with E-state index in [9.17, 15) is 4.79 Å². The Balaban J connectivity index is 1.69. The number of H-pyrrole nitrogens is 1. The van der Waals surface area contributed by atoms with Gasteiger partial charge in [0.2, 0.25) is 0 Å². The second-order valence-corrected chi connectivity index (χ2v) is 4.50. The monoisotopic (exact) mass is 220 g/mol. The number of hydrogen-bond acceptors (Lipinski definition) is 4. The molecule has 86 valence electrons. The van der Waals surface area contributed by atoms with E-state index in [1.807, 2.05) is 0 Å². The van der Waals surface area contributed by atoms with E-state index in [0.717, 1.165) is 32.2 Å². The summed E-state index contributed by atoms with van der Waals surface area (Å²) >= 11 is 0. The number of aromatic amines is 1. The van der Waals surface area contributed by atoms with E-state index in [1.165, 1.54) is 12.8 Å². The minimum atomic E-state index is -0.0811. The molecule has 5 nitrogen and oxygen atoms in total. The topological polar surface area (TPSA) is 52.2 Å². The third-order valence-electron chi connectivity index (χ3n) is 3.37. The van der Waals surface area contributed by atoms with Gasteiger partial charge in [0, 0.05) is 44.6 Å². The maximum atomic E-state index is 11.6. The summed E-state index contributed by atoms with van der Waals surface area (Å²) in [5, 5.41) is 0. The molecule has 3 rings (SSSR count). The Labute approximate surface area is 94.1 Å². The van der Waals surface area contributed by atoms with Crippen molar-refractivity contribution in [1.29, 1.82) is 0 Å². The van der Waals surface area contributed by atoms with Gasteiger partial charge in [-0.2, -0.15) is 0 Å². The van der Waals surface area contributed by atoms with Crippen molar-refractivity contribution in [2.75, 3.05) is 31.1 Å². The lowest BCUT2D eigenvalue weighted by Gasteiger charge is -2.34. The first-order valence-electron chi connectivity index (χ1n) is 5.87. The molecule has 1 N–H and O–H groups in total. The molecular weight excluding hydrogens is 204 g/mol. The standard InChI is InChI=1S/C11H16N4O/c16-11-10(12-3-4-13-11)15-7-5-14(6-8-15)9-1-2-9/h3-4,9H,1-2,5-8H2,(H,13,16). The number of aromatic nitrogens is 2. The predicted octanol–water partition coefficient (Wildman–Crippen LogP) is 0.0543. The quantitative estimate of drug-likeness (QED) is 0.765. The number of anilines is 1. The van der Waals surface area contributed by atoms with Crippen LogP contribution in [0.5, 0.6) is 0 Å². The summed E-state index contributed by atoms with van der Waals surface area (Å²) in [6.07, 6.45) is 5.92. The van der Waals surface area contributed by atoms with Gasteiger partial charge < -0.3 is 9.88 Å². The smallest absolute Gasteiger partial charge is 0.290 e. The number of nitrogens with zero attached hydrogens (tertiary/aromatic N) is 3. The Bertz CT molecular complexity index is 418. The van der Waals surface area contributed by atoms with Gasteiger partial charge in [-0.3, -0.25) is 9.69 Å². The zero-order chi connectivity index (χ0) is 11.0. The normalized spacial score (nSPS) is 22.4. The maximum absolute atomic E-state index is 11.6. The molecular formula is C11H16N4O. The Morgan fingerprint density at radius 1 is 1.25 bits per heavy atom. The summed E-state index contributed by atoms with van der Waals surface area (Å²) in [5.74, 6) is 0.568. The van der Waals surface area contributed by atoms with Gasteiger partial charge in [-0.15, -0.1) is 0 Å². The maximum Gasteiger partial charge on any atom is 0.290 e. The molecule has 2 aliphatic rings. The highest BCUT2D eigenvalue weighted by molar-refractivity contribution is 5.35. The van der Waals surface area contributed by atoms with Crippen LogP contribution in [0.4, 0.5) is 5.82 Å². The molecule has 16 heavy (non-hydrogen) atoms. The van der Waals surface area contributed by atoms with Crippen molar-refractivity contribution in [3.8, 4) is 0 Å². The van der Waals surface area contributed by atoms with Gasteiger partial charge in [-0.1, -0.05) is 0 Å². The molecule has 1 aliphatic carbocycles. The largest absolute Gasteiger partial charge is 0.349 e. The van der Waals surface area contributed by atoms with Crippen molar-refractivity contribution in [2.24, 2.45) is 0 Å². The van der Waals surface area contributed by atoms with Crippen LogP contribution in [0.3, 0.4) is 0 Å². The predicted molar refractivity (Wildman–Crippen MR) is 61.7 cm³/mol. The summed E-state index contributed by atoms with van der Waals surface area (Å²) < 4.78 is 0. The van der Waals surface area contributed by atoms with E-state index >= 15 is 0 Å². The lowest BCUT2D eigenvalue weighted by Crippen LogP contribution is -2.48. The van der Waals surface area contributed by atoms with Gasteiger partial charge in [-0.25, -0.2) is 4.98 Å². The Kier molecular flexibility index (Phi) is 2.40. The van der Waals surface area contributed by atoms with Crippen LogP contribution in [0.25, 0.3) is 0 Å². The average Bonchev–Trinajstić information content (AvgIpc) is 3.14. The first-order chi connectivity index (χ1) is 7.84. The molecule has 0 unspecified atom stereocenters. The fourth-order valence-corrected chi connectivity index (χ4v) is 2.31. The Hall–Kier alpha value is -1.36. The molecule has 1 aliphatic heterocycles. The van der Waals surface area contributed by atoms with Crippen molar-refractivity contribution in [1.82, 2.24) is 14.9 Å². The van der Waals surface area contributed by atoms with E-state index in [1.54, 1.807) is 12.4 Å². The highest BCUT2D eigenvalue weighted by Gasteiger charge is 2.31. The summed E-state index contributed by atoms with van der Waals surface area (Å²) in [6.45, 7) is 3.94. The highest BCUT2D eigenvalue weighted by Crippen LogP contribution is 2.27.